The molecule has 0 spiro atoms. The lowest BCUT2D eigenvalue weighted by molar-refractivity contribution is -0.139. The Bertz CT molecular complexity index is 502. The predicted octanol–water partition coefficient (Wildman–Crippen LogP) is 1.68. The lowest BCUT2D eigenvalue weighted by Gasteiger charge is -2.18. The zero-order valence-electron chi connectivity index (χ0n) is 10.8. The van der Waals surface area contributed by atoms with Gasteiger partial charge in [0.1, 0.15) is 23.1 Å². The minimum atomic E-state index is -4.65. The van der Waals surface area contributed by atoms with E-state index in [9.17, 15) is 18.0 Å². The van der Waals surface area contributed by atoms with Crippen LogP contribution < -0.4 is 15.2 Å². The highest BCUT2D eigenvalue weighted by molar-refractivity contribution is 5.73. The molecule has 8 heteroatoms. The molecule has 0 radical (unpaired) electrons. The molecule has 0 aromatic heterocycles. The first-order valence-corrected chi connectivity index (χ1v) is 5.51. The lowest BCUT2D eigenvalue weighted by Crippen LogP contribution is -2.32. The Kier molecular flexibility index (Phi) is 4.83. The molecule has 112 valence electrons. The van der Waals surface area contributed by atoms with E-state index < -0.39 is 29.5 Å². The molecule has 1 unspecified atom stereocenters. The van der Waals surface area contributed by atoms with Crippen molar-refractivity contribution in [3.05, 3.63) is 23.3 Å². The van der Waals surface area contributed by atoms with E-state index in [2.05, 4.69) is 0 Å². The van der Waals surface area contributed by atoms with Crippen LogP contribution in [0, 0.1) is 0 Å². The molecule has 0 saturated heterocycles. The summed E-state index contributed by atoms with van der Waals surface area (Å²) in [5, 5.41) is 8.74. The SMILES string of the molecule is COc1cc(CC(N)C(=O)O)c(OC)c(C(F)(F)F)c1. The highest BCUT2D eigenvalue weighted by Gasteiger charge is 2.36. The Morgan fingerprint density at radius 3 is 2.35 bits per heavy atom. The zero-order valence-corrected chi connectivity index (χ0v) is 10.8. The van der Waals surface area contributed by atoms with E-state index >= 15 is 0 Å². The molecule has 0 bridgehead atoms. The maximum Gasteiger partial charge on any atom is 0.420 e. The highest BCUT2D eigenvalue weighted by atomic mass is 19.4. The molecular formula is C12H14F3NO4. The van der Waals surface area contributed by atoms with Crippen LogP contribution in [-0.4, -0.2) is 31.3 Å². The van der Waals surface area contributed by atoms with E-state index in [1.165, 1.54) is 13.2 Å². The van der Waals surface area contributed by atoms with Crippen LogP contribution in [0.3, 0.4) is 0 Å². The molecule has 5 nitrogen and oxygen atoms in total. The van der Waals surface area contributed by atoms with Gasteiger partial charge in [0, 0.05) is 12.0 Å². The second-order valence-electron chi connectivity index (χ2n) is 4.01. The first-order valence-electron chi connectivity index (χ1n) is 5.51. The average molecular weight is 293 g/mol. The van der Waals surface area contributed by atoms with Gasteiger partial charge in [0.15, 0.2) is 0 Å². The number of rotatable bonds is 5. The molecule has 0 fully saturated rings. The smallest absolute Gasteiger partial charge is 0.420 e. The van der Waals surface area contributed by atoms with Gasteiger partial charge in [0.05, 0.1) is 14.2 Å². The Hall–Kier alpha value is -1.96. The quantitative estimate of drug-likeness (QED) is 0.863. The Balaban J connectivity index is 3.37. The van der Waals surface area contributed by atoms with Crippen LogP contribution >= 0.6 is 0 Å². The third-order valence-corrected chi connectivity index (χ3v) is 2.64. The molecule has 1 rings (SSSR count). The van der Waals surface area contributed by atoms with Crippen molar-refractivity contribution >= 4 is 5.97 Å². The summed E-state index contributed by atoms with van der Waals surface area (Å²) >= 11 is 0. The number of benzene rings is 1. The van der Waals surface area contributed by atoms with E-state index in [0.717, 1.165) is 13.2 Å². The summed E-state index contributed by atoms with van der Waals surface area (Å²) in [7, 11) is 2.29. The van der Waals surface area contributed by atoms with Crippen molar-refractivity contribution in [2.75, 3.05) is 14.2 Å². The Morgan fingerprint density at radius 1 is 1.35 bits per heavy atom. The van der Waals surface area contributed by atoms with Gasteiger partial charge < -0.3 is 20.3 Å². The predicted molar refractivity (Wildman–Crippen MR) is 63.9 cm³/mol. The number of alkyl halides is 3. The maximum atomic E-state index is 12.9. The number of hydrogen-bond acceptors (Lipinski definition) is 4. The fraction of sp³-hybridized carbons (Fsp3) is 0.417. The number of nitrogens with two attached hydrogens (primary N) is 1. The summed E-state index contributed by atoms with van der Waals surface area (Å²) in [5.41, 5.74) is 4.33. The molecule has 0 amide bonds. The molecule has 1 aromatic carbocycles. The number of halogens is 3. The maximum absolute atomic E-state index is 12.9. The van der Waals surface area contributed by atoms with Gasteiger partial charge in [-0.05, 0) is 12.1 Å². The molecule has 0 aliphatic rings. The largest absolute Gasteiger partial charge is 0.497 e. The summed E-state index contributed by atoms with van der Waals surface area (Å²) in [6, 6.07) is 0.725. The summed E-state index contributed by atoms with van der Waals surface area (Å²) in [5.74, 6) is -1.82. The molecule has 20 heavy (non-hydrogen) atoms. The fourth-order valence-electron chi connectivity index (χ4n) is 1.71. The molecular weight excluding hydrogens is 279 g/mol. The lowest BCUT2D eigenvalue weighted by atomic mass is 10.0. The Morgan fingerprint density at radius 2 is 1.95 bits per heavy atom. The molecule has 0 saturated carbocycles. The average Bonchev–Trinajstić information content (AvgIpc) is 2.36. The van der Waals surface area contributed by atoms with Crippen molar-refractivity contribution in [3.63, 3.8) is 0 Å². The van der Waals surface area contributed by atoms with Crippen molar-refractivity contribution in [2.24, 2.45) is 5.73 Å². The van der Waals surface area contributed by atoms with E-state index in [1.807, 2.05) is 0 Å². The minimum Gasteiger partial charge on any atom is -0.497 e. The minimum absolute atomic E-state index is 0.0223. The zero-order chi connectivity index (χ0) is 15.5. The standard InChI is InChI=1S/C12H14F3NO4/c1-19-7-3-6(4-9(16)11(17)18)10(20-2)8(5-7)12(13,14)15/h3,5,9H,4,16H2,1-2H3,(H,17,18). The monoisotopic (exact) mass is 293 g/mol. The van der Waals surface area contributed by atoms with Gasteiger partial charge in [-0.2, -0.15) is 13.2 Å². The van der Waals surface area contributed by atoms with Gasteiger partial charge in [-0.15, -0.1) is 0 Å². The van der Waals surface area contributed by atoms with Gasteiger partial charge in [0.2, 0.25) is 0 Å². The van der Waals surface area contributed by atoms with Crippen molar-refractivity contribution in [3.8, 4) is 11.5 Å². The molecule has 0 aliphatic carbocycles. The molecule has 0 heterocycles. The number of ether oxygens (including phenoxy) is 2. The van der Waals surface area contributed by atoms with E-state index in [-0.39, 0.29) is 17.7 Å². The van der Waals surface area contributed by atoms with Crippen LogP contribution in [0.5, 0.6) is 11.5 Å². The molecule has 3 N–H and O–H groups in total. The first-order chi connectivity index (χ1) is 9.20. The second kappa shape index (κ2) is 6.00. The van der Waals surface area contributed by atoms with Crippen molar-refractivity contribution in [2.45, 2.75) is 18.6 Å². The Labute approximate surface area is 113 Å². The number of carboxylic acid groups (broad SMARTS) is 1. The van der Waals surface area contributed by atoms with Crippen molar-refractivity contribution in [1.29, 1.82) is 0 Å². The van der Waals surface area contributed by atoms with Crippen LogP contribution in [0.15, 0.2) is 12.1 Å². The number of methoxy groups -OCH3 is 2. The van der Waals surface area contributed by atoms with Crippen molar-refractivity contribution in [1.82, 2.24) is 0 Å². The number of carboxylic acids is 1. The number of carbonyl (C=O) groups is 1. The first kappa shape index (κ1) is 16.1. The van der Waals surface area contributed by atoms with Gasteiger partial charge >= 0.3 is 12.1 Å². The van der Waals surface area contributed by atoms with Gasteiger partial charge in [0.25, 0.3) is 0 Å². The molecule has 0 aliphatic heterocycles. The summed E-state index contributed by atoms with van der Waals surface area (Å²) in [6.07, 6.45) is -4.96. The van der Waals surface area contributed by atoms with Gasteiger partial charge in [-0.25, -0.2) is 0 Å². The van der Waals surface area contributed by atoms with E-state index in [4.69, 9.17) is 20.3 Å². The van der Waals surface area contributed by atoms with Crippen LogP contribution in [0.1, 0.15) is 11.1 Å². The van der Waals surface area contributed by atoms with Crippen LogP contribution in [-0.2, 0) is 17.4 Å². The molecule has 1 atom stereocenters. The van der Waals surface area contributed by atoms with E-state index in [1.54, 1.807) is 0 Å². The van der Waals surface area contributed by atoms with Crippen LogP contribution in [0.25, 0.3) is 0 Å². The van der Waals surface area contributed by atoms with E-state index in [0.29, 0.717) is 0 Å². The summed E-state index contributed by atoms with van der Waals surface area (Å²) in [6.45, 7) is 0. The second-order valence-corrected chi connectivity index (χ2v) is 4.01. The topological polar surface area (TPSA) is 81.8 Å². The van der Waals surface area contributed by atoms with Crippen LogP contribution in [0.2, 0.25) is 0 Å². The molecule has 1 aromatic rings. The number of aliphatic carboxylic acids is 1. The van der Waals surface area contributed by atoms with Gasteiger partial charge in [-0.3, -0.25) is 4.79 Å². The third-order valence-electron chi connectivity index (χ3n) is 2.64. The number of hydrogen-bond donors (Lipinski definition) is 2. The summed E-state index contributed by atoms with van der Waals surface area (Å²) < 4.78 is 48.4. The third kappa shape index (κ3) is 3.53. The fourth-order valence-corrected chi connectivity index (χ4v) is 1.71. The summed E-state index contributed by atoms with van der Waals surface area (Å²) in [4.78, 5) is 10.7. The van der Waals surface area contributed by atoms with Crippen molar-refractivity contribution < 1.29 is 32.5 Å². The normalized spacial score (nSPS) is 12.9. The van der Waals surface area contributed by atoms with Crippen LogP contribution in [0.4, 0.5) is 13.2 Å². The highest BCUT2D eigenvalue weighted by Crippen LogP contribution is 2.41. The van der Waals surface area contributed by atoms with Gasteiger partial charge in [-0.1, -0.05) is 0 Å².